The van der Waals surface area contributed by atoms with E-state index in [4.69, 9.17) is 28.2 Å². The number of benzene rings is 3. The van der Waals surface area contributed by atoms with Crippen molar-refractivity contribution in [3.05, 3.63) is 107 Å². The number of nitrogens with zero attached hydrogens (tertiary/aromatic N) is 4. The van der Waals surface area contributed by atoms with Crippen molar-refractivity contribution in [3.8, 4) is 11.3 Å². The van der Waals surface area contributed by atoms with E-state index in [-0.39, 0.29) is 6.03 Å². The summed E-state index contributed by atoms with van der Waals surface area (Å²) in [6.45, 7) is 0.641. The van der Waals surface area contributed by atoms with Gasteiger partial charge in [0.1, 0.15) is 0 Å². The van der Waals surface area contributed by atoms with Crippen molar-refractivity contribution in [1.29, 1.82) is 0 Å². The number of rotatable bonds is 6. The van der Waals surface area contributed by atoms with Crippen LogP contribution in [0.5, 0.6) is 0 Å². The number of anilines is 3. The van der Waals surface area contributed by atoms with Crippen molar-refractivity contribution < 1.29 is 4.79 Å². The Morgan fingerprint density at radius 2 is 1.64 bits per heavy atom. The minimum absolute atomic E-state index is 0.351. The first-order valence-corrected chi connectivity index (χ1v) is 11.9. The molecule has 2 aromatic heterocycles. The number of carbonyl (C=O) groups excluding carboxylic acids is 1. The molecule has 9 heteroatoms. The van der Waals surface area contributed by atoms with Gasteiger partial charge < -0.3 is 19.9 Å². The molecule has 0 radical (unpaired) electrons. The molecule has 0 aliphatic heterocycles. The molecule has 0 saturated carbocycles. The first-order valence-electron chi connectivity index (χ1n) is 11.2. The van der Waals surface area contributed by atoms with Crippen LogP contribution in [0.15, 0.2) is 91.4 Å². The van der Waals surface area contributed by atoms with Crippen molar-refractivity contribution in [2.75, 3.05) is 22.6 Å². The van der Waals surface area contributed by atoms with Crippen molar-refractivity contribution in [3.63, 3.8) is 0 Å². The van der Waals surface area contributed by atoms with Gasteiger partial charge in [-0.05, 0) is 54.1 Å². The van der Waals surface area contributed by atoms with Crippen LogP contribution in [0.4, 0.5) is 22.0 Å². The van der Waals surface area contributed by atoms with Gasteiger partial charge in [-0.1, -0.05) is 47.5 Å². The number of amides is 2. The third-order valence-electron chi connectivity index (χ3n) is 5.57. The van der Waals surface area contributed by atoms with Crippen LogP contribution >= 0.6 is 23.2 Å². The predicted octanol–water partition coefficient (Wildman–Crippen LogP) is 6.98. The van der Waals surface area contributed by atoms with Crippen LogP contribution < -0.4 is 15.5 Å². The van der Waals surface area contributed by atoms with Gasteiger partial charge in [-0.3, -0.25) is 0 Å². The van der Waals surface area contributed by atoms with E-state index in [9.17, 15) is 4.79 Å². The molecule has 2 heterocycles. The quantitative estimate of drug-likeness (QED) is 0.255. The summed E-state index contributed by atoms with van der Waals surface area (Å²) in [4.78, 5) is 24.0. The fourth-order valence-corrected chi connectivity index (χ4v) is 4.08. The maximum absolute atomic E-state index is 12.5. The van der Waals surface area contributed by atoms with Crippen LogP contribution in [0.2, 0.25) is 10.0 Å². The summed E-state index contributed by atoms with van der Waals surface area (Å²) in [5.41, 5.74) is 4.76. The Hall–Kier alpha value is -4.07. The van der Waals surface area contributed by atoms with Crippen LogP contribution in [0, 0.1) is 0 Å². The summed E-state index contributed by atoms with van der Waals surface area (Å²) in [6.07, 6.45) is 5.57. The first kappa shape index (κ1) is 23.7. The standard InChI is InChI=1S/C27H22Cl2N6O/c1-34(16-18-5-7-20(28)8-6-18)26-25-30-13-14-35(25)17-24(33-26)19-3-2-4-23(15-19)32-27(36)31-22-11-9-21(29)10-12-22/h2-15,17H,16H2,1H3,(H2,31,32,36). The molecule has 180 valence electrons. The highest BCUT2D eigenvalue weighted by Crippen LogP contribution is 2.27. The Morgan fingerprint density at radius 3 is 2.39 bits per heavy atom. The molecule has 0 aliphatic rings. The molecule has 5 aromatic rings. The molecule has 5 rings (SSSR count). The summed E-state index contributed by atoms with van der Waals surface area (Å²) in [5, 5.41) is 6.97. The Labute approximate surface area is 218 Å². The van der Waals surface area contributed by atoms with Gasteiger partial charge in [-0.15, -0.1) is 0 Å². The SMILES string of the molecule is CN(Cc1ccc(Cl)cc1)c1nc(-c2cccc(NC(=O)Nc3ccc(Cl)cc3)c2)cn2ccnc12. The summed E-state index contributed by atoms with van der Waals surface area (Å²) < 4.78 is 1.95. The van der Waals surface area contributed by atoms with Gasteiger partial charge in [0, 0.05) is 59.2 Å². The molecule has 0 unspecified atom stereocenters. The Morgan fingerprint density at radius 1 is 0.944 bits per heavy atom. The van der Waals surface area contributed by atoms with E-state index < -0.39 is 0 Å². The lowest BCUT2D eigenvalue weighted by Gasteiger charge is -2.20. The first-order chi connectivity index (χ1) is 17.4. The number of carbonyl (C=O) groups is 1. The molecule has 36 heavy (non-hydrogen) atoms. The lowest BCUT2D eigenvalue weighted by atomic mass is 10.1. The molecule has 3 aromatic carbocycles. The highest BCUT2D eigenvalue weighted by molar-refractivity contribution is 6.30. The monoisotopic (exact) mass is 516 g/mol. The topological polar surface area (TPSA) is 74.6 Å². The van der Waals surface area contributed by atoms with Crippen molar-refractivity contribution in [2.24, 2.45) is 0 Å². The second kappa shape index (κ2) is 10.3. The molecular weight excluding hydrogens is 495 g/mol. The smallest absolute Gasteiger partial charge is 0.323 e. The largest absolute Gasteiger partial charge is 0.352 e. The van der Waals surface area contributed by atoms with Gasteiger partial charge in [-0.2, -0.15) is 0 Å². The highest BCUT2D eigenvalue weighted by Gasteiger charge is 2.14. The van der Waals surface area contributed by atoms with Crippen LogP contribution in [0.1, 0.15) is 5.56 Å². The van der Waals surface area contributed by atoms with E-state index in [0.29, 0.717) is 28.0 Å². The molecule has 0 aliphatic carbocycles. The van der Waals surface area contributed by atoms with E-state index in [1.165, 1.54) is 0 Å². The normalized spacial score (nSPS) is 10.9. The second-order valence-electron chi connectivity index (χ2n) is 8.26. The Balaban J connectivity index is 1.39. The van der Waals surface area contributed by atoms with Crippen molar-refractivity contribution in [2.45, 2.75) is 6.54 Å². The van der Waals surface area contributed by atoms with E-state index in [0.717, 1.165) is 28.3 Å². The number of imidazole rings is 1. The van der Waals surface area contributed by atoms with E-state index >= 15 is 0 Å². The summed E-state index contributed by atoms with van der Waals surface area (Å²) in [5.74, 6) is 0.742. The van der Waals surface area contributed by atoms with Crippen LogP contribution in [-0.4, -0.2) is 27.4 Å². The lowest BCUT2D eigenvalue weighted by Crippen LogP contribution is -2.19. The van der Waals surface area contributed by atoms with Crippen molar-refractivity contribution >= 4 is 52.1 Å². The number of hydrogen-bond donors (Lipinski definition) is 2. The number of nitrogens with one attached hydrogen (secondary N) is 2. The van der Waals surface area contributed by atoms with Crippen LogP contribution in [-0.2, 0) is 6.54 Å². The molecule has 2 amide bonds. The number of aromatic nitrogens is 3. The number of fused-ring (bicyclic) bond motifs is 1. The maximum Gasteiger partial charge on any atom is 0.323 e. The van der Waals surface area contributed by atoms with E-state index in [1.54, 1.807) is 30.5 Å². The average Bonchev–Trinajstić information content (AvgIpc) is 3.35. The summed E-state index contributed by atoms with van der Waals surface area (Å²) in [6, 6.07) is 21.9. The zero-order valence-corrected chi connectivity index (χ0v) is 20.8. The summed E-state index contributed by atoms with van der Waals surface area (Å²) in [7, 11) is 1.98. The molecule has 0 saturated heterocycles. The highest BCUT2D eigenvalue weighted by atomic mass is 35.5. The van der Waals surface area contributed by atoms with Gasteiger partial charge in [0.15, 0.2) is 11.5 Å². The fourth-order valence-electron chi connectivity index (χ4n) is 3.83. The van der Waals surface area contributed by atoms with Gasteiger partial charge in [-0.25, -0.2) is 14.8 Å². The van der Waals surface area contributed by atoms with Crippen LogP contribution in [0.3, 0.4) is 0 Å². The summed E-state index contributed by atoms with van der Waals surface area (Å²) >= 11 is 11.9. The number of urea groups is 1. The second-order valence-corrected chi connectivity index (χ2v) is 9.13. The van der Waals surface area contributed by atoms with Gasteiger partial charge in [0.25, 0.3) is 0 Å². The molecule has 0 bridgehead atoms. The molecule has 2 N–H and O–H groups in total. The van der Waals surface area contributed by atoms with E-state index in [1.807, 2.05) is 72.4 Å². The molecule has 0 atom stereocenters. The minimum atomic E-state index is -0.351. The van der Waals surface area contributed by atoms with Gasteiger partial charge >= 0.3 is 6.03 Å². The zero-order chi connectivity index (χ0) is 25.1. The Kier molecular flexibility index (Phi) is 6.75. The third-order valence-corrected chi connectivity index (χ3v) is 6.07. The maximum atomic E-state index is 12.5. The van der Waals surface area contributed by atoms with Gasteiger partial charge in [0.2, 0.25) is 0 Å². The average molecular weight is 517 g/mol. The fraction of sp³-hybridized carbons (Fsp3) is 0.0741. The molecular formula is C27H22Cl2N6O. The molecule has 7 nitrogen and oxygen atoms in total. The lowest BCUT2D eigenvalue weighted by molar-refractivity contribution is 0.262. The third kappa shape index (κ3) is 5.43. The molecule has 0 spiro atoms. The minimum Gasteiger partial charge on any atom is -0.352 e. The molecule has 0 fully saturated rings. The van der Waals surface area contributed by atoms with Gasteiger partial charge in [0.05, 0.1) is 5.69 Å². The van der Waals surface area contributed by atoms with Crippen LogP contribution in [0.25, 0.3) is 16.9 Å². The Bertz CT molecular complexity index is 1520. The number of halogens is 2. The van der Waals surface area contributed by atoms with Crippen molar-refractivity contribution in [1.82, 2.24) is 14.4 Å². The number of hydrogen-bond acceptors (Lipinski definition) is 4. The predicted molar refractivity (Wildman–Crippen MR) is 146 cm³/mol. The van der Waals surface area contributed by atoms with E-state index in [2.05, 4.69) is 20.5 Å². The zero-order valence-electron chi connectivity index (χ0n) is 19.3.